The van der Waals surface area contributed by atoms with E-state index in [-0.39, 0.29) is 5.56 Å². The van der Waals surface area contributed by atoms with Gasteiger partial charge in [0.1, 0.15) is 11.3 Å². The molecule has 0 amide bonds. The fourth-order valence-corrected chi connectivity index (χ4v) is 3.81. The monoisotopic (exact) mass is 422 g/mol. The molecule has 0 bridgehead atoms. The van der Waals surface area contributed by atoms with E-state index in [0.717, 1.165) is 4.47 Å². The van der Waals surface area contributed by atoms with Gasteiger partial charge in [0.05, 0.1) is 30.0 Å². The van der Waals surface area contributed by atoms with E-state index in [4.69, 9.17) is 9.15 Å². The summed E-state index contributed by atoms with van der Waals surface area (Å²) in [4.78, 5) is 29.0. The highest BCUT2D eigenvalue weighted by Crippen LogP contribution is 2.25. The van der Waals surface area contributed by atoms with Crippen molar-refractivity contribution < 1.29 is 13.9 Å². The minimum Gasteiger partial charge on any atom is -0.468 e. The van der Waals surface area contributed by atoms with E-state index in [9.17, 15) is 9.59 Å². The van der Waals surface area contributed by atoms with Crippen LogP contribution < -0.4 is 5.56 Å². The average Bonchev–Trinajstić information content (AvgIpc) is 3.08. The Morgan fingerprint density at radius 1 is 1.40 bits per heavy atom. The molecule has 0 atom stereocenters. The molecule has 6 nitrogen and oxygen atoms in total. The number of fused-ring (bicyclic) bond motifs is 1. The van der Waals surface area contributed by atoms with Gasteiger partial charge in [-0.3, -0.25) is 9.36 Å². The summed E-state index contributed by atoms with van der Waals surface area (Å²) in [5.74, 6) is 0.407. The maximum Gasteiger partial charge on any atom is 0.341 e. The van der Waals surface area contributed by atoms with Gasteiger partial charge in [-0.15, -0.1) is 0 Å². The van der Waals surface area contributed by atoms with Crippen LogP contribution in [-0.4, -0.2) is 22.6 Å². The molecule has 0 unspecified atom stereocenters. The molecular formula is C17H15BrN2O4S. The standard InChI is InChI=1S/C17H15BrN2O4S/c1-3-20-15(21)12-8-10(18)4-5-13(12)19-17(20)25-9-14-11(6-7-24-14)16(22)23-2/h4-8H,3,9H2,1-2H3. The van der Waals surface area contributed by atoms with Crippen LogP contribution in [0.5, 0.6) is 0 Å². The Morgan fingerprint density at radius 3 is 2.92 bits per heavy atom. The van der Waals surface area contributed by atoms with Gasteiger partial charge < -0.3 is 9.15 Å². The molecule has 0 aliphatic heterocycles. The third-order valence-electron chi connectivity index (χ3n) is 3.68. The van der Waals surface area contributed by atoms with E-state index < -0.39 is 5.97 Å². The van der Waals surface area contributed by atoms with Crippen molar-refractivity contribution in [2.24, 2.45) is 0 Å². The van der Waals surface area contributed by atoms with E-state index >= 15 is 0 Å². The van der Waals surface area contributed by atoms with Crippen molar-refractivity contribution in [2.75, 3.05) is 7.11 Å². The first-order valence-electron chi connectivity index (χ1n) is 7.52. The summed E-state index contributed by atoms with van der Waals surface area (Å²) in [5, 5.41) is 1.14. The molecule has 25 heavy (non-hydrogen) atoms. The van der Waals surface area contributed by atoms with Gasteiger partial charge in [-0.05, 0) is 31.2 Å². The fraction of sp³-hybridized carbons (Fsp3) is 0.235. The summed E-state index contributed by atoms with van der Waals surface area (Å²) in [6, 6.07) is 6.99. The number of methoxy groups -OCH3 is 1. The van der Waals surface area contributed by atoms with Gasteiger partial charge in [0.15, 0.2) is 5.16 Å². The van der Waals surface area contributed by atoms with Gasteiger partial charge in [-0.25, -0.2) is 9.78 Å². The molecule has 0 fully saturated rings. The van der Waals surface area contributed by atoms with Gasteiger partial charge in [0.2, 0.25) is 0 Å². The lowest BCUT2D eigenvalue weighted by Crippen LogP contribution is -2.22. The topological polar surface area (TPSA) is 74.3 Å². The average molecular weight is 423 g/mol. The van der Waals surface area contributed by atoms with Crippen LogP contribution in [0.3, 0.4) is 0 Å². The first-order valence-corrected chi connectivity index (χ1v) is 9.30. The van der Waals surface area contributed by atoms with E-state index in [1.54, 1.807) is 22.8 Å². The Hall–Kier alpha value is -2.06. The van der Waals surface area contributed by atoms with Gasteiger partial charge in [0, 0.05) is 11.0 Å². The molecule has 0 aliphatic carbocycles. The summed E-state index contributed by atoms with van der Waals surface area (Å²) >= 11 is 4.72. The van der Waals surface area contributed by atoms with E-state index in [1.807, 2.05) is 13.0 Å². The Bertz CT molecular complexity index is 996. The van der Waals surface area contributed by atoms with Crippen LogP contribution >= 0.6 is 27.7 Å². The number of carbonyl (C=O) groups excluding carboxylic acids is 1. The van der Waals surface area contributed by atoms with E-state index in [1.165, 1.54) is 25.1 Å². The zero-order valence-corrected chi connectivity index (χ0v) is 16.0. The van der Waals surface area contributed by atoms with Crippen LogP contribution in [0.15, 0.2) is 49.4 Å². The van der Waals surface area contributed by atoms with Crippen LogP contribution in [0, 0.1) is 0 Å². The number of hydrogen-bond acceptors (Lipinski definition) is 6. The van der Waals surface area contributed by atoms with Crippen molar-refractivity contribution in [3.05, 3.63) is 56.7 Å². The molecule has 0 N–H and O–H groups in total. The smallest absolute Gasteiger partial charge is 0.341 e. The number of thioether (sulfide) groups is 1. The van der Waals surface area contributed by atoms with Crippen molar-refractivity contribution >= 4 is 44.6 Å². The first kappa shape index (κ1) is 17.8. The Morgan fingerprint density at radius 2 is 2.20 bits per heavy atom. The van der Waals surface area contributed by atoms with Crippen LogP contribution in [-0.2, 0) is 17.0 Å². The Labute approximate surface area is 156 Å². The molecule has 1 aromatic carbocycles. The molecule has 0 saturated heterocycles. The fourth-order valence-electron chi connectivity index (χ4n) is 2.44. The zero-order chi connectivity index (χ0) is 18.0. The summed E-state index contributed by atoms with van der Waals surface area (Å²) in [7, 11) is 1.32. The van der Waals surface area contributed by atoms with Gasteiger partial charge in [0.25, 0.3) is 5.56 Å². The van der Waals surface area contributed by atoms with Crippen molar-refractivity contribution in [3.63, 3.8) is 0 Å². The Kier molecular flexibility index (Phi) is 5.29. The third-order valence-corrected chi connectivity index (χ3v) is 5.15. The normalized spacial score (nSPS) is 11.0. The highest BCUT2D eigenvalue weighted by atomic mass is 79.9. The lowest BCUT2D eigenvalue weighted by atomic mass is 10.2. The molecule has 3 rings (SSSR count). The molecule has 0 radical (unpaired) electrons. The van der Waals surface area contributed by atoms with Crippen molar-refractivity contribution in [2.45, 2.75) is 24.4 Å². The van der Waals surface area contributed by atoms with Crippen LogP contribution in [0.1, 0.15) is 23.0 Å². The first-order chi connectivity index (χ1) is 12.0. The van der Waals surface area contributed by atoms with Crippen LogP contribution in [0.25, 0.3) is 10.9 Å². The van der Waals surface area contributed by atoms with Crippen LogP contribution in [0.2, 0.25) is 0 Å². The molecule has 3 aromatic rings. The molecule has 0 aliphatic rings. The molecule has 0 saturated carbocycles. The number of nitrogens with zero attached hydrogens (tertiary/aromatic N) is 2. The second kappa shape index (κ2) is 7.45. The number of esters is 1. The number of hydrogen-bond donors (Lipinski definition) is 0. The molecule has 2 aromatic heterocycles. The Balaban J connectivity index is 1.97. The number of rotatable bonds is 5. The number of ether oxygens (including phenoxy) is 1. The number of furan rings is 1. The maximum atomic E-state index is 12.7. The maximum absolute atomic E-state index is 12.7. The lowest BCUT2D eigenvalue weighted by Gasteiger charge is -2.11. The van der Waals surface area contributed by atoms with Gasteiger partial charge >= 0.3 is 5.97 Å². The summed E-state index contributed by atoms with van der Waals surface area (Å²) < 4.78 is 12.6. The molecule has 0 spiro atoms. The van der Waals surface area contributed by atoms with Crippen molar-refractivity contribution in [1.82, 2.24) is 9.55 Å². The molecule has 130 valence electrons. The highest BCUT2D eigenvalue weighted by molar-refractivity contribution is 9.10. The minimum atomic E-state index is -0.450. The highest BCUT2D eigenvalue weighted by Gasteiger charge is 2.17. The van der Waals surface area contributed by atoms with Gasteiger partial charge in [-0.2, -0.15) is 0 Å². The SMILES string of the molecule is CCn1c(SCc2occc2C(=O)OC)nc2ccc(Br)cc2c1=O. The third kappa shape index (κ3) is 3.50. The van der Waals surface area contributed by atoms with Crippen molar-refractivity contribution in [1.29, 1.82) is 0 Å². The molecule has 2 heterocycles. The summed E-state index contributed by atoms with van der Waals surface area (Å²) in [6.45, 7) is 2.39. The number of carbonyl (C=O) groups is 1. The quantitative estimate of drug-likeness (QED) is 0.353. The van der Waals surface area contributed by atoms with E-state index in [2.05, 4.69) is 20.9 Å². The van der Waals surface area contributed by atoms with Crippen molar-refractivity contribution in [3.8, 4) is 0 Å². The van der Waals surface area contributed by atoms with Gasteiger partial charge in [-0.1, -0.05) is 27.7 Å². The predicted octanol–water partition coefficient (Wildman–Crippen LogP) is 3.85. The summed E-state index contributed by atoms with van der Waals surface area (Å²) in [5.41, 5.74) is 0.919. The number of aromatic nitrogens is 2. The summed E-state index contributed by atoms with van der Waals surface area (Å²) in [6.07, 6.45) is 1.44. The second-order valence-corrected chi connectivity index (χ2v) is 7.00. The second-order valence-electron chi connectivity index (χ2n) is 5.14. The zero-order valence-electron chi connectivity index (χ0n) is 13.6. The molecular weight excluding hydrogens is 408 g/mol. The number of benzene rings is 1. The minimum absolute atomic E-state index is 0.0936. The largest absolute Gasteiger partial charge is 0.468 e. The molecule has 8 heteroatoms. The van der Waals surface area contributed by atoms with E-state index in [0.29, 0.717) is 39.7 Å². The predicted molar refractivity (Wildman–Crippen MR) is 99.0 cm³/mol. The van der Waals surface area contributed by atoms with Crippen LogP contribution in [0.4, 0.5) is 0 Å². The number of halogens is 1. The lowest BCUT2D eigenvalue weighted by molar-refractivity contribution is 0.0598.